The predicted molar refractivity (Wildman–Crippen MR) is 149 cm³/mol. The van der Waals surface area contributed by atoms with E-state index in [1.54, 1.807) is 20.8 Å². The lowest BCUT2D eigenvalue weighted by Gasteiger charge is -2.32. The summed E-state index contributed by atoms with van der Waals surface area (Å²) in [6.07, 6.45) is 1.06. The summed E-state index contributed by atoms with van der Waals surface area (Å²) in [5.74, 6) is -1.80. The number of benzene rings is 1. The zero-order valence-electron chi connectivity index (χ0n) is 23.5. The van der Waals surface area contributed by atoms with Crippen molar-refractivity contribution in [3.8, 4) is 10.4 Å². The monoisotopic (exact) mass is 615 g/mol. The number of hydrogen-bond donors (Lipinski definition) is 3. The number of rotatable bonds is 8. The number of nitrogens with zero attached hydrogens (tertiary/aromatic N) is 1. The maximum absolute atomic E-state index is 14.6. The third kappa shape index (κ3) is 7.29. The Morgan fingerprint density at radius 3 is 2.29 bits per heavy atom. The van der Waals surface area contributed by atoms with Crippen molar-refractivity contribution in [2.75, 3.05) is 0 Å². The average molecular weight is 616 g/mol. The van der Waals surface area contributed by atoms with E-state index in [1.165, 1.54) is 6.07 Å². The minimum Gasteiger partial charge on any atom is -0.481 e. The smallest absolute Gasteiger partial charge is 0.417 e. The van der Waals surface area contributed by atoms with Crippen molar-refractivity contribution in [2.24, 2.45) is 11.8 Å². The van der Waals surface area contributed by atoms with Gasteiger partial charge in [0, 0.05) is 17.1 Å². The van der Waals surface area contributed by atoms with E-state index in [0.717, 1.165) is 56.4 Å². The number of sulfonamides is 1. The lowest BCUT2D eigenvalue weighted by atomic mass is 9.80. The van der Waals surface area contributed by atoms with Gasteiger partial charge in [0.05, 0.1) is 26.9 Å². The molecule has 41 heavy (non-hydrogen) atoms. The maximum atomic E-state index is 14.6. The number of aromatic nitrogens is 1. The number of aliphatic carboxylic acids is 1. The van der Waals surface area contributed by atoms with Gasteiger partial charge >= 0.3 is 12.1 Å². The summed E-state index contributed by atoms with van der Waals surface area (Å²) in [6, 6.07) is 2.00. The zero-order chi connectivity index (χ0) is 30.3. The van der Waals surface area contributed by atoms with Gasteiger partial charge in [-0.1, -0.05) is 38.2 Å². The molecule has 2 aliphatic carbocycles. The molecule has 1 aromatic heterocycles. The second-order valence-electron chi connectivity index (χ2n) is 12.1. The highest BCUT2D eigenvalue weighted by Gasteiger charge is 2.40. The second kappa shape index (κ2) is 11.6. The van der Waals surface area contributed by atoms with E-state index >= 15 is 0 Å². The van der Waals surface area contributed by atoms with Crippen molar-refractivity contribution >= 4 is 33.2 Å². The van der Waals surface area contributed by atoms with Gasteiger partial charge in [0.25, 0.3) is 5.91 Å². The second-order valence-corrected chi connectivity index (χ2v) is 14.8. The molecule has 1 aromatic carbocycles. The molecular weight excluding hydrogens is 579 g/mol. The standard InChI is InChI=1S/C28H36F3N3O5S2/c1-15-21(41(38,39)34-27(2,3)4)11-10-19(22(15)28(29,30)31)23-20(12-16-8-6-5-7-9-16)33-25(40-23)24(35)32-18-13-17(14-18)26(36)37/h10-11,16-18,34H,5-9,12-14H2,1-4H3,(H,32,35)(H,36,37). The van der Waals surface area contributed by atoms with E-state index in [4.69, 9.17) is 5.11 Å². The van der Waals surface area contributed by atoms with Crippen LogP contribution in [0, 0.1) is 18.8 Å². The molecule has 226 valence electrons. The molecule has 0 atom stereocenters. The van der Waals surface area contributed by atoms with Crippen LogP contribution in [0.1, 0.15) is 92.3 Å². The molecule has 4 rings (SSSR count). The third-order valence-corrected chi connectivity index (χ3v) is 10.6. The van der Waals surface area contributed by atoms with Crippen molar-refractivity contribution in [3.63, 3.8) is 0 Å². The summed E-state index contributed by atoms with van der Waals surface area (Å²) in [6.45, 7) is 5.96. The minimum atomic E-state index is -4.88. The van der Waals surface area contributed by atoms with Gasteiger partial charge < -0.3 is 10.4 Å². The van der Waals surface area contributed by atoms with Crippen LogP contribution in [0.2, 0.25) is 0 Å². The molecule has 13 heteroatoms. The number of halogens is 3. The Labute approximate surface area is 242 Å². The number of hydrogen-bond acceptors (Lipinski definition) is 6. The summed E-state index contributed by atoms with van der Waals surface area (Å²) in [4.78, 5) is 28.4. The summed E-state index contributed by atoms with van der Waals surface area (Å²) in [5.41, 5.74) is -2.22. The maximum Gasteiger partial charge on any atom is 0.417 e. The van der Waals surface area contributed by atoms with E-state index in [-0.39, 0.29) is 40.2 Å². The van der Waals surface area contributed by atoms with E-state index in [9.17, 15) is 31.2 Å². The highest BCUT2D eigenvalue weighted by molar-refractivity contribution is 7.89. The number of carboxylic acid groups (broad SMARTS) is 1. The molecule has 2 saturated carbocycles. The molecule has 0 bridgehead atoms. The molecule has 0 unspecified atom stereocenters. The summed E-state index contributed by atoms with van der Waals surface area (Å²) >= 11 is 0.851. The SMILES string of the molecule is Cc1c(S(=O)(=O)NC(C)(C)C)ccc(-c2sc(C(=O)NC3CC(C(=O)O)C3)nc2CC2CCCCC2)c1C(F)(F)F. The Hall–Kier alpha value is -2.51. The van der Waals surface area contributed by atoms with Gasteiger partial charge in [-0.25, -0.2) is 18.1 Å². The molecule has 1 amide bonds. The minimum absolute atomic E-state index is 0.00135. The first-order chi connectivity index (χ1) is 19.0. The molecule has 3 N–H and O–H groups in total. The van der Waals surface area contributed by atoms with Gasteiger partial charge in [-0.05, 0) is 64.5 Å². The van der Waals surface area contributed by atoms with E-state index < -0.39 is 55.6 Å². The summed E-state index contributed by atoms with van der Waals surface area (Å²) in [5, 5.41) is 11.9. The van der Waals surface area contributed by atoms with Gasteiger partial charge in [-0.2, -0.15) is 13.2 Å². The first-order valence-corrected chi connectivity index (χ1v) is 16.0. The number of carbonyl (C=O) groups excluding carboxylic acids is 1. The van der Waals surface area contributed by atoms with Crippen LogP contribution in [0.25, 0.3) is 10.4 Å². The van der Waals surface area contributed by atoms with Crippen molar-refractivity contribution in [1.82, 2.24) is 15.0 Å². The van der Waals surface area contributed by atoms with Crippen molar-refractivity contribution < 1.29 is 36.3 Å². The third-order valence-electron chi connectivity index (χ3n) is 7.59. The highest BCUT2D eigenvalue weighted by atomic mass is 32.2. The van der Waals surface area contributed by atoms with Crippen LogP contribution < -0.4 is 10.0 Å². The van der Waals surface area contributed by atoms with Crippen LogP contribution >= 0.6 is 11.3 Å². The average Bonchev–Trinajstić information content (AvgIpc) is 3.22. The normalized spacial score (nSPS) is 20.5. The fourth-order valence-corrected chi connectivity index (χ4v) is 8.34. The largest absolute Gasteiger partial charge is 0.481 e. The highest BCUT2D eigenvalue weighted by Crippen LogP contribution is 2.45. The van der Waals surface area contributed by atoms with E-state index in [1.807, 2.05) is 0 Å². The first-order valence-electron chi connectivity index (χ1n) is 13.7. The number of thiazole rings is 1. The molecule has 2 aliphatic rings. The molecule has 8 nitrogen and oxygen atoms in total. The molecule has 1 heterocycles. The van der Waals surface area contributed by atoms with Crippen LogP contribution in [-0.2, 0) is 27.4 Å². The van der Waals surface area contributed by atoms with Crippen LogP contribution in [0.15, 0.2) is 17.0 Å². The fourth-order valence-electron chi connectivity index (χ4n) is 5.64. The number of amides is 1. The molecule has 0 spiro atoms. The van der Waals surface area contributed by atoms with Crippen LogP contribution in [0.5, 0.6) is 0 Å². The Kier molecular flexibility index (Phi) is 8.92. The Morgan fingerprint density at radius 2 is 1.73 bits per heavy atom. The van der Waals surface area contributed by atoms with Crippen molar-refractivity contribution in [3.05, 3.63) is 34.0 Å². The van der Waals surface area contributed by atoms with Crippen molar-refractivity contribution in [2.45, 2.75) is 102 Å². The van der Waals surface area contributed by atoms with Gasteiger partial charge in [0.1, 0.15) is 0 Å². The summed E-state index contributed by atoms with van der Waals surface area (Å²) < 4.78 is 72.4. The molecule has 0 aliphatic heterocycles. The quantitative estimate of drug-likeness (QED) is 0.338. The molecular formula is C28H36F3N3O5S2. The Balaban J connectivity index is 1.77. The zero-order valence-corrected chi connectivity index (χ0v) is 25.2. The summed E-state index contributed by atoms with van der Waals surface area (Å²) in [7, 11) is -4.26. The first kappa shape index (κ1) is 31.4. The van der Waals surface area contributed by atoms with Crippen molar-refractivity contribution in [1.29, 1.82) is 0 Å². The predicted octanol–water partition coefficient (Wildman–Crippen LogP) is 5.93. The fraction of sp³-hybridized carbons (Fsp3) is 0.607. The molecule has 0 radical (unpaired) electrons. The lowest BCUT2D eigenvalue weighted by Crippen LogP contribution is -2.46. The van der Waals surface area contributed by atoms with E-state index in [2.05, 4.69) is 15.0 Å². The molecule has 0 saturated heterocycles. The van der Waals surface area contributed by atoms with Gasteiger partial charge in [-0.3, -0.25) is 9.59 Å². The number of alkyl halides is 3. The van der Waals surface area contributed by atoms with Gasteiger partial charge in [-0.15, -0.1) is 11.3 Å². The Bertz CT molecular complexity index is 1420. The van der Waals surface area contributed by atoms with Gasteiger partial charge in [0.15, 0.2) is 5.01 Å². The number of carboxylic acids is 1. The topological polar surface area (TPSA) is 125 Å². The van der Waals surface area contributed by atoms with Gasteiger partial charge in [0.2, 0.25) is 10.0 Å². The number of carbonyl (C=O) groups is 2. The van der Waals surface area contributed by atoms with E-state index in [0.29, 0.717) is 12.1 Å². The molecule has 2 aromatic rings. The molecule has 2 fully saturated rings. The number of nitrogens with one attached hydrogen (secondary N) is 2. The van der Waals surface area contributed by atoms with Crippen LogP contribution in [-0.4, -0.2) is 42.0 Å². The van der Waals surface area contributed by atoms with Crippen LogP contribution in [0.4, 0.5) is 13.2 Å². The van der Waals surface area contributed by atoms with Crippen LogP contribution in [0.3, 0.4) is 0 Å². The Morgan fingerprint density at radius 1 is 1.10 bits per heavy atom. The lowest BCUT2D eigenvalue weighted by molar-refractivity contribution is -0.145.